The van der Waals surface area contributed by atoms with Crippen molar-refractivity contribution in [2.24, 2.45) is 0 Å². The molecular formula is C12H14N2O5S. The molecule has 1 aliphatic heterocycles. The van der Waals surface area contributed by atoms with Gasteiger partial charge in [-0.25, -0.2) is 8.42 Å². The SMILES string of the molecule is CS(=O)(=O)Nc1cccc(NC(=O)C2=COCCO2)c1. The highest BCUT2D eigenvalue weighted by Crippen LogP contribution is 2.17. The second-order valence-electron chi connectivity index (χ2n) is 4.11. The van der Waals surface area contributed by atoms with Crippen LogP contribution in [-0.2, 0) is 24.3 Å². The van der Waals surface area contributed by atoms with Gasteiger partial charge in [0.15, 0.2) is 0 Å². The van der Waals surface area contributed by atoms with Crippen LogP contribution in [-0.4, -0.2) is 33.8 Å². The first-order chi connectivity index (χ1) is 9.44. The molecule has 0 aliphatic carbocycles. The molecule has 1 aliphatic rings. The topological polar surface area (TPSA) is 93.7 Å². The number of rotatable bonds is 4. The van der Waals surface area contributed by atoms with E-state index in [1.807, 2.05) is 0 Å². The standard InChI is InChI=1S/C12H14N2O5S/c1-20(16,17)14-10-4-2-3-9(7-10)13-12(15)11-8-18-5-6-19-11/h2-4,7-8,14H,5-6H2,1H3,(H,13,15). The van der Waals surface area contributed by atoms with Gasteiger partial charge in [0, 0.05) is 5.69 Å². The molecule has 1 aromatic rings. The highest BCUT2D eigenvalue weighted by atomic mass is 32.2. The van der Waals surface area contributed by atoms with Crippen molar-refractivity contribution in [1.82, 2.24) is 0 Å². The molecule has 2 rings (SSSR count). The van der Waals surface area contributed by atoms with Gasteiger partial charge in [0.1, 0.15) is 19.5 Å². The number of carbonyl (C=O) groups excluding carboxylic acids is 1. The molecule has 0 unspecified atom stereocenters. The van der Waals surface area contributed by atoms with Crippen LogP contribution in [0.3, 0.4) is 0 Å². The van der Waals surface area contributed by atoms with Crippen LogP contribution in [0.1, 0.15) is 0 Å². The van der Waals surface area contributed by atoms with Gasteiger partial charge in [0.2, 0.25) is 15.8 Å². The summed E-state index contributed by atoms with van der Waals surface area (Å²) in [6, 6.07) is 6.34. The van der Waals surface area contributed by atoms with Crippen LogP contribution in [0.15, 0.2) is 36.3 Å². The largest absolute Gasteiger partial charge is 0.494 e. The van der Waals surface area contributed by atoms with E-state index < -0.39 is 15.9 Å². The number of benzene rings is 1. The van der Waals surface area contributed by atoms with Crippen molar-refractivity contribution in [3.63, 3.8) is 0 Å². The highest BCUT2D eigenvalue weighted by molar-refractivity contribution is 7.92. The zero-order chi connectivity index (χ0) is 14.6. The Hall–Kier alpha value is -2.22. The second kappa shape index (κ2) is 5.83. The van der Waals surface area contributed by atoms with Crippen molar-refractivity contribution in [3.8, 4) is 0 Å². The van der Waals surface area contributed by atoms with Gasteiger partial charge in [-0.3, -0.25) is 9.52 Å². The summed E-state index contributed by atoms with van der Waals surface area (Å²) < 4.78 is 34.7. The van der Waals surface area contributed by atoms with E-state index in [0.29, 0.717) is 24.6 Å². The third kappa shape index (κ3) is 4.16. The molecule has 0 bridgehead atoms. The minimum Gasteiger partial charge on any atom is -0.494 e. The highest BCUT2D eigenvalue weighted by Gasteiger charge is 2.15. The zero-order valence-electron chi connectivity index (χ0n) is 10.8. The van der Waals surface area contributed by atoms with Gasteiger partial charge in [-0.2, -0.15) is 0 Å². The number of hydrogen-bond acceptors (Lipinski definition) is 5. The summed E-state index contributed by atoms with van der Waals surface area (Å²) in [5.41, 5.74) is 0.804. The molecule has 7 nitrogen and oxygen atoms in total. The van der Waals surface area contributed by atoms with E-state index in [2.05, 4.69) is 10.0 Å². The van der Waals surface area contributed by atoms with Crippen LogP contribution in [0.4, 0.5) is 11.4 Å². The number of amides is 1. The van der Waals surface area contributed by atoms with Crippen LogP contribution in [0, 0.1) is 0 Å². The van der Waals surface area contributed by atoms with Gasteiger partial charge in [0.25, 0.3) is 5.91 Å². The summed E-state index contributed by atoms with van der Waals surface area (Å²) in [5, 5.41) is 2.59. The minimum absolute atomic E-state index is 0.0812. The molecule has 1 amide bonds. The van der Waals surface area contributed by atoms with Crippen molar-refractivity contribution < 1.29 is 22.7 Å². The van der Waals surface area contributed by atoms with Crippen molar-refractivity contribution in [3.05, 3.63) is 36.3 Å². The molecule has 108 valence electrons. The van der Waals surface area contributed by atoms with Crippen molar-refractivity contribution in [2.75, 3.05) is 29.5 Å². The Kier molecular flexibility index (Phi) is 4.14. The van der Waals surface area contributed by atoms with Gasteiger partial charge >= 0.3 is 0 Å². The van der Waals surface area contributed by atoms with E-state index in [0.717, 1.165) is 6.26 Å². The zero-order valence-corrected chi connectivity index (χ0v) is 11.6. The fraction of sp³-hybridized carbons (Fsp3) is 0.250. The molecule has 0 fully saturated rings. The molecule has 0 spiro atoms. The third-order valence-corrected chi connectivity index (χ3v) is 2.90. The molecule has 1 heterocycles. The van der Waals surface area contributed by atoms with E-state index in [9.17, 15) is 13.2 Å². The first kappa shape index (κ1) is 14.2. The lowest BCUT2D eigenvalue weighted by molar-refractivity contribution is -0.117. The first-order valence-electron chi connectivity index (χ1n) is 5.78. The van der Waals surface area contributed by atoms with Gasteiger partial charge in [-0.05, 0) is 18.2 Å². The van der Waals surface area contributed by atoms with Gasteiger partial charge < -0.3 is 14.8 Å². The van der Waals surface area contributed by atoms with E-state index >= 15 is 0 Å². The summed E-state index contributed by atoms with van der Waals surface area (Å²) in [7, 11) is -3.36. The molecule has 20 heavy (non-hydrogen) atoms. The van der Waals surface area contributed by atoms with Gasteiger partial charge in [-0.1, -0.05) is 6.07 Å². The Morgan fingerprint density at radius 2 is 2.00 bits per heavy atom. The molecule has 0 saturated heterocycles. The maximum atomic E-state index is 11.8. The lowest BCUT2D eigenvalue weighted by Crippen LogP contribution is -2.21. The average molecular weight is 298 g/mol. The molecule has 2 N–H and O–H groups in total. The predicted molar refractivity (Wildman–Crippen MR) is 73.5 cm³/mol. The maximum absolute atomic E-state index is 11.8. The maximum Gasteiger partial charge on any atom is 0.294 e. The molecule has 8 heteroatoms. The van der Waals surface area contributed by atoms with E-state index in [1.54, 1.807) is 18.2 Å². The van der Waals surface area contributed by atoms with Crippen LogP contribution in [0.5, 0.6) is 0 Å². The van der Waals surface area contributed by atoms with Crippen LogP contribution < -0.4 is 10.0 Å². The fourth-order valence-corrected chi connectivity index (χ4v) is 2.11. The van der Waals surface area contributed by atoms with Gasteiger partial charge in [-0.15, -0.1) is 0 Å². The second-order valence-corrected chi connectivity index (χ2v) is 5.86. The smallest absolute Gasteiger partial charge is 0.294 e. The number of carbonyl (C=O) groups is 1. The lowest BCUT2D eigenvalue weighted by Gasteiger charge is -2.15. The summed E-state index contributed by atoms with van der Waals surface area (Å²) in [5.74, 6) is -0.376. The Morgan fingerprint density at radius 3 is 2.65 bits per heavy atom. The molecule has 1 aromatic carbocycles. The lowest BCUT2D eigenvalue weighted by atomic mass is 10.3. The molecule has 0 aromatic heterocycles. The minimum atomic E-state index is -3.36. The Balaban J connectivity index is 2.08. The quantitative estimate of drug-likeness (QED) is 0.861. The van der Waals surface area contributed by atoms with Crippen LogP contribution in [0.2, 0.25) is 0 Å². The first-order valence-corrected chi connectivity index (χ1v) is 7.67. The molecule has 0 saturated carbocycles. The molecular weight excluding hydrogens is 284 g/mol. The van der Waals surface area contributed by atoms with E-state index in [4.69, 9.17) is 9.47 Å². The summed E-state index contributed by atoms with van der Waals surface area (Å²) in [6.45, 7) is 0.722. The summed E-state index contributed by atoms with van der Waals surface area (Å²) >= 11 is 0. The summed E-state index contributed by atoms with van der Waals surface area (Å²) in [6.07, 6.45) is 2.30. The number of hydrogen-bond donors (Lipinski definition) is 2. The van der Waals surface area contributed by atoms with Gasteiger partial charge in [0.05, 0.1) is 11.9 Å². The average Bonchev–Trinajstić information content (AvgIpc) is 2.38. The Labute approximate surface area is 116 Å². The van der Waals surface area contributed by atoms with Crippen molar-refractivity contribution in [1.29, 1.82) is 0 Å². The Morgan fingerprint density at radius 1 is 1.25 bits per heavy atom. The van der Waals surface area contributed by atoms with E-state index in [1.165, 1.54) is 12.3 Å². The van der Waals surface area contributed by atoms with E-state index in [-0.39, 0.29) is 5.76 Å². The predicted octanol–water partition coefficient (Wildman–Crippen LogP) is 0.885. The van der Waals surface area contributed by atoms with Crippen LogP contribution in [0.25, 0.3) is 0 Å². The normalized spacial score (nSPS) is 14.6. The van der Waals surface area contributed by atoms with Crippen molar-refractivity contribution in [2.45, 2.75) is 0 Å². The van der Waals surface area contributed by atoms with Crippen molar-refractivity contribution >= 4 is 27.3 Å². The summed E-state index contributed by atoms with van der Waals surface area (Å²) in [4.78, 5) is 11.8. The Bertz CT molecular complexity index is 639. The van der Waals surface area contributed by atoms with Crippen LogP contribution >= 0.6 is 0 Å². The monoisotopic (exact) mass is 298 g/mol. The fourth-order valence-electron chi connectivity index (χ4n) is 1.55. The molecule has 0 atom stereocenters. The molecule has 0 radical (unpaired) electrons. The number of sulfonamides is 1. The number of nitrogens with one attached hydrogen (secondary N) is 2. The third-order valence-electron chi connectivity index (χ3n) is 2.30. The number of anilines is 2. The number of ether oxygens (including phenoxy) is 2.